The molecule has 0 aliphatic heterocycles. The highest BCUT2D eigenvalue weighted by Gasteiger charge is 2.22. The molecule has 0 aliphatic rings. The van der Waals surface area contributed by atoms with E-state index in [4.69, 9.17) is 0 Å². The summed E-state index contributed by atoms with van der Waals surface area (Å²) in [7, 11) is 0. The maximum Gasteiger partial charge on any atom is 0.254 e. The van der Waals surface area contributed by atoms with Gasteiger partial charge in [-0.3, -0.25) is 14.4 Å². The summed E-state index contributed by atoms with van der Waals surface area (Å²) in [5.74, 6) is -0.613. The van der Waals surface area contributed by atoms with Crippen molar-refractivity contribution in [2.45, 2.75) is 59.5 Å². The van der Waals surface area contributed by atoms with E-state index in [9.17, 15) is 14.4 Å². The van der Waals surface area contributed by atoms with Crippen molar-refractivity contribution >= 4 is 34.2 Å². The van der Waals surface area contributed by atoms with Crippen molar-refractivity contribution in [3.05, 3.63) is 46.5 Å². The van der Waals surface area contributed by atoms with Crippen LogP contribution in [-0.2, 0) is 16.0 Å². The third kappa shape index (κ3) is 6.95. The Labute approximate surface area is 181 Å². The fourth-order valence-corrected chi connectivity index (χ4v) is 3.43. The van der Waals surface area contributed by atoms with Crippen molar-refractivity contribution in [1.29, 1.82) is 0 Å². The predicted molar refractivity (Wildman–Crippen MR) is 120 cm³/mol. The van der Waals surface area contributed by atoms with Gasteiger partial charge in [-0.2, -0.15) is 0 Å². The van der Waals surface area contributed by atoms with Gasteiger partial charge in [0.15, 0.2) is 5.13 Å². The number of rotatable bonds is 9. The van der Waals surface area contributed by atoms with E-state index in [1.54, 1.807) is 17.5 Å². The number of amides is 3. The Kier molecular flexibility index (Phi) is 8.53. The van der Waals surface area contributed by atoms with E-state index in [2.05, 4.69) is 15.6 Å². The summed E-state index contributed by atoms with van der Waals surface area (Å²) in [6, 6.07) is 7.26. The highest BCUT2D eigenvalue weighted by atomic mass is 32.1. The maximum absolute atomic E-state index is 12.8. The highest BCUT2D eigenvalue weighted by Crippen LogP contribution is 2.17. The lowest BCUT2D eigenvalue weighted by Crippen LogP contribution is -2.42. The van der Waals surface area contributed by atoms with Crippen LogP contribution in [0.25, 0.3) is 0 Å². The molecular formula is C22H30N4O3S. The third-order valence-electron chi connectivity index (χ3n) is 4.66. The second kappa shape index (κ2) is 10.9. The number of carbonyl (C=O) groups is 3. The lowest BCUT2D eigenvalue weighted by atomic mass is 10.1. The molecule has 7 nitrogen and oxygen atoms in total. The normalized spacial score (nSPS) is 11.8. The molecule has 162 valence electrons. The standard InChI is InChI=1S/C22H30N4O3S/c1-6-16(5)23-19(27)11-18-13-30-22(24-18)25-20(28)12-26(14(2)3)21(29)17-9-7-15(4)8-10-17/h7-10,13-14,16H,6,11-12H2,1-5H3,(H,23,27)(H,24,25,28). The molecule has 0 saturated carbocycles. The number of aryl methyl sites for hydroxylation is 1. The van der Waals surface area contributed by atoms with Gasteiger partial charge in [-0.1, -0.05) is 24.6 Å². The van der Waals surface area contributed by atoms with Crippen LogP contribution in [-0.4, -0.2) is 46.2 Å². The lowest BCUT2D eigenvalue weighted by Gasteiger charge is -2.26. The molecule has 0 radical (unpaired) electrons. The summed E-state index contributed by atoms with van der Waals surface area (Å²) in [6.07, 6.45) is 1.03. The number of benzene rings is 1. The average Bonchev–Trinajstić information content (AvgIpc) is 3.12. The zero-order valence-electron chi connectivity index (χ0n) is 18.2. The van der Waals surface area contributed by atoms with Gasteiger partial charge in [-0.05, 0) is 46.2 Å². The molecule has 1 aromatic carbocycles. The average molecular weight is 431 g/mol. The Morgan fingerprint density at radius 1 is 1.10 bits per heavy atom. The zero-order chi connectivity index (χ0) is 22.3. The van der Waals surface area contributed by atoms with Crippen molar-refractivity contribution in [2.75, 3.05) is 11.9 Å². The first kappa shape index (κ1) is 23.5. The number of anilines is 1. The van der Waals surface area contributed by atoms with Crippen molar-refractivity contribution in [2.24, 2.45) is 0 Å². The minimum Gasteiger partial charge on any atom is -0.353 e. The summed E-state index contributed by atoms with van der Waals surface area (Å²) in [5, 5.41) is 7.79. The van der Waals surface area contributed by atoms with Gasteiger partial charge in [-0.25, -0.2) is 4.98 Å². The third-order valence-corrected chi connectivity index (χ3v) is 5.46. The fraction of sp³-hybridized carbons (Fsp3) is 0.455. The predicted octanol–water partition coefficient (Wildman–Crippen LogP) is 3.40. The van der Waals surface area contributed by atoms with Gasteiger partial charge in [0.2, 0.25) is 11.8 Å². The minimum atomic E-state index is -0.325. The quantitative estimate of drug-likeness (QED) is 0.638. The second-order valence-electron chi connectivity index (χ2n) is 7.64. The van der Waals surface area contributed by atoms with Gasteiger partial charge < -0.3 is 15.5 Å². The van der Waals surface area contributed by atoms with Gasteiger partial charge >= 0.3 is 0 Å². The monoisotopic (exact) mass is 430 g/mol. The molecular weight excluding hydrogens is 400 g/mol. The van der Waals surface area contributed by atoms with Gasteiger partial charge in [0.25, 0.3) is 5.91 Å². The maximum atomic E-state index is 12.8. The van der Waals surface area contributed by atoms with Gasteiger partial charge in [0.05, 0.1) is 12.1 Å². The molecule has 2 aromatic rings. The van der Waals surface area contributed by atoms with Crippen LogP contribution in [0.1, 0.15) is 55.7 Å². The van der Waals surface area contributed by atoms with E-state index in [0.29, 0.717) is 16.4 Å². The van der Waals surface area contributed by atoms with Gasteiger partial charge in [0, 0.05) is 23.0 Å². The fourth-order valence-electron chi connectivity index (χ4n) is 2.70. The second-order valence-corrected chi connectivity index (χ2v) is 8.50. The lowest BCUT2D eigenvalue weighted by molar-refractivity contribution is -0.121. The first-order valence-electron chi connectivity index (χ1n) is 10.1. The van der Waals surface area contributed by atoms with Crippen LogP contribution in [0.2, 0.25) is 0 Å². The van der Waals surface area contributed by atoms with E-state index >= 15 is 0 Å². The Balaban J connectivity index is 1.96. The zero-order valence-corrected chi connectivity index (χ0v) is 19.0. The SMILES string of the molecule is CCC(C)NC(=O)Cc1csc(NC(=O)CN(C(=O)c2ccc(C)cc2)C(C)C)n1. The van der Waals surface area contributed by atoms with Crippen molar-refractivity contribution in [1.82, 2.24) is 15.2 Å². The molecule has 1 unspecified atom stereocenters. The number of hydrogen-bond donors (Lipinski definition) is 2. The Hall–Kier alpha value is -2.74. The molecule has 0 spiro atoms. The molecule has 1 heterocycles. The van der Waals surface area contributed by atoms with Crippen molar-refractivity contribution < 1.29 is 14.4 Å². The molecule has 2 rings (SSSR count). The van der Waals surface area contributed by atoms with E-state index in [-0.39, 0.29) is 42.8 Å². The minimum absolute atomic E-state index is 0.0756. The molecule has 0 fully saturated rings. The van der Waals surface area contributed by atoms with Crippen LogP contribution in [0.15, 0.2) is 29.6 Å². The van der Waals surface area contributed by atoms with Crippen molar-refractivity contribution in [3.63, 3.8) is 0 Å². The Bertz CT molecular complexity index is 877. The molecule has 0 bridgehead atoms. The summed E-state index contributed by atoms with van der Waals surface area (Å²) in [5.41, 5.74) is 2.22. The summed E-state index contributed by atoms with van der Waals surface area (Å²) in [6.45, 7) is 9.58. The Morgan fingerprint density at radius 2 is 1.77 bits per heavy atom. The molecule has 8 heteroatoms. The number of hydrogen-bond acceptors (Lipinski definition) is 5. The first-order chi connectivity index (χ1) is 14.2. The van der Waals surface area contributed by atoms with Gasteiger partial charge in [-0.15, -0.1) is 11.3 Å². The molecule has 30 heavy (non-hydrogen) atoms. The summed E-state index contributed by atoms with van der Waals surface area (Å²) >= 11 is 1.26. The van der Waals surface area contributed by atoms with Gasteiger partial charge in [0.1, 0.15) is 6.54 Å². The van der Waals surface area contributed by atoms with Crippen LogP contribution < -0.4 is 10.6 Å². The van der Waals surface area contributed by atoms with E-state index in [1.807, 2.05) is 46.8 Å². The van der Waals surface area contributed by atoms with Crippen LogP contribution >= 0.6 is 11.3 Å². The summed E-state index contributed by atoms with van der Waals surface area (Å²) < 4.78 is 0. The van der Waals surface area contributed by atoms with E-state index < -0.39 is 0 Å². The Morgan fingerprint density at radius 3 is 2.37 bits per heavy atom. The van der Waals surface area contributed by atoms with Crippen LogP contribution in [0.5, 0.6) is 0 Å². The topological polar surface area (TPSA) is 91.4 Å². The number of aromatic nitrogens is 1. The van der Waals surface area contributed by atoms with Crippen LogP contribution in [0.4, 0.5) is 5.13 Å². The molecule has 1 atom stereocenters. The van der Waals surface area contributed by atoms with E-state index in [1.165, 1.54) is 16.2 Å². The summed E-state index contributed by atoms with van der Waals surface area (Å²) in [4.78, 5) is 43.1. The smallest absolute Gasteiger partial charge is 0.254 e. The molecule has 0 aliphatic carbocycles. The molecule has 2 N–H and O–H groups in total. The number of thiazole rings is 1. The first-order valence-corrected chi connectivity index (χ1v) is 11.0. The molecule has 1 aromatic heterocycles. The van der Waals surface area contributed by atoms with Crippen molar-refractivity contribution in [3.8, 4) is 0 Å². The highest BCUT2D eigenvalue weighted by molar-refractivity contribution is 7.13. The van der Waals surface area contributed by atoms with Crippen LogP contribution in [0, 0.1) is 6.92 Å². The number of nitrogens with one attached hydrogen (secondary N) is 2. The molecule has 0 saturated heterocycles. The van der Waals surface area contributed by atoms with Crippen LogP contribution in [0.3, 0.4) is 0 Å². The van der Waals surface area contributed by atoms with E-state index in [0.717, 1.165) is 12.0 Å². The largest absolute Gasteiger partial charge is 0.353 e. The molecule has 3 amide bonds. The number of carbonyl (C=O) groups excluding carboxylic acids is 3. The number of nitrogens with zero attached hydrogens (tertiary/aromatic N) is 2.